The van der Waals surface area contributed by atoms with Gasteiger partial charge in [-0.1, -0.05) is 0 Å². The molecule has 0 aliphatic rings. The fourth-order valence-corrected chi connectivity index (χ4v) is 2.18. The predicted molar refractivity (Wildman–Crippen MR) is 91.3 cm³/mol. The first-order valence-electron chi connectivity index (χ1n) is 7.95. The second-order valence-electron chi connectivity index (χ2n) is 5.16. The van der Waals surface area contributed by atoms with E-state index in [0.29, 0.717) is 24.3 Å². The first-order chi connectivity index (χ1) is 12.0. The maximum atomic E-state index is 12.2. The van der Waals surface area contributed by atoms with Crippen molar-refractivity contribution < 1.29 is 23.5 Å². The summed E-state index contributed by atoms with van der Waals surface area (Å²) < 4.78 is 9.71. The summed E-state index contributed by atoms with van der Waals surface area (Å²) in [4.78, 5) is 37.3. The number of furan rings is 1. The second kappa shape index (κ2) is 8.68. The molecule has 1 aromatic carbocycles. The SMILES string of the molecule is CCN(CC)C(=O)c1ccc(NC(=O)COC(=O)c2ccco2)cc1. The van der Waals surface area contributed by atoms with E-state index in [0.717, 1.165) is 0 Å². The molecule has 0 fully saturated rings. The van der Waals surface area contributed by atoms with Gasteiger partial charge in [0.1, 0.15) is 0 Å². The van der Waals surface area contributed by atoms with Crippen LogP contribution < -0.4 is 5.32 Å². The summed E-state index contributed by atoms with van der Waals surface area (Å²) >= 11 is 0. The zero-order valence-electron chi connectivity index (χ0n) is 14.2. The van der Waals surface area contributed by atoms with E-state index in [1.807, 2.05) is 13.8 Å². The van der Waals surface area contributed by atoms with Crippen molar-refractivity contribution in [2.24, 2.45) is 0 Å². The quantitative estimate of drug-likeness (QED) is 0.780. The number of amides is 2. The molecular formula is C18H20N2O5. The van der Waals surface area contributed by atoms with Crippen LogP contribution in [0.15, 0.2) is 47.1 Å². The van der Waals surface area contributed by atoms with E-state index in [4.69, 9.17) is 9.15 Å². The molecule has 0 bridgehead atoms. The van der Waals surface area contributed by atoms with Crippen molar-refractivity contribution in [1.29, 1.82) is 0 Å². The molecule has 25 heavy (non-hydrogen) atoms. The number of anilines is 1. The van der Waals surface area contributed by atoms with Gasteiger partial charge in [0.2, 0.25) is 5.76 Å². The van der Waals surface area contributed by atoms with E-state index in [2.05, 4.69) is 5.32 Å². The van der Waals surface area contributed by atoms with Gasteiger partial charge in [-0.2, -0.15) is 0 Å². The molecule has 0 saturated heterocycles. The fraction of sp³-hybridized carbons (Fsp3) is 0.278. The Morgan fingerprint density at radius 3 is 2.32 bits per heavy atom. The third-order valence-electron chi connectivity index (χ3n) is 3.52. The molecule has 0 saturated carbocycles. The Morgan fingerprint density at radius 1 is 1.08 bits per heavy atom. The highest BCUT2D eigenvalue weighted by Gasteiger charge is 2.14. The Hall–Kier alpha value is -3.09. The summed E-state index contributed by atoms with van der Waals surface area (Å²) in [6, 6.07) is 9.55. The molecule has 1 aromatic heterocycles. The number of nitrogens with zero attached hydrogens (tertiary/aromatic N) is 1. The van der Waals surface area contributed by atoms with Crippen LogP contribution in [0, 0.1) is 0 Å². The van der Waals surface area contributed by atoms with Crippen LogP contribution in [0.4, 0.5) is 5.69 Å². The highest BCUT2D eigenvalue weighted by Crippen LogP contribution is 2.12. The molecule has 2 rings (SSSR count). The van der Waals surface area contributed by atoms with Crippen LogP contribution in [0.3, 0.4) is 0 Å². The summed E-state index contributed by atoms with van der Waals surface area (Å²) in [5.41, 5.74) is 1.06. The minimum Gasteiger partial charge on any atom is -0.457 e. The zero-order valence-corrected chi connectivity index (χ0v) is 14.2. The van der Waals surface area contributed by atoms with Crippen LogP contribution in [-0.2, 0) is 9.53 Å². The maximum absolute atomic E-state index is 12.2. The summed E-state index contributed by atoms with van der Waals surface area (Å²) in [7, 11) is 0. The molecule has 0 radical (unpaired) electrons. The molecule has 2 amide bonds. The van der Waals surface area contributed by atoms with Gasteiger partial charge in [-0.05, 0) is 50.2 Å². The molecular weight excluding hydrogens is 324 g/mol. The summed E-state index contributed by atoms with van der Waals surface area (Å²) in [6.07, 6.45) is 1.34. The first-order valence-corrected chi connectivity index (χ1v) is 7.95. The standard InChI is InChI=1S/C18H20N2O5/c1-3-20(4-2)17(22)13-7-9-14(10-8-13)19-16(21)12-25-18(23)15-6-5-11-24-15/h5-11H,3-4,12H2,1-2H3,(H,19,21). The van der Waals surface area contributed by atoms with E-state index in [-0.39, 0.29) is 11.7 Å². The number of nitrogens with one attached hydrogen (secondary N) is 1. The lowest BCUT2D eigenvalue weighted by atomic mass is 10.2. The number of hydrogen-bond acceptors (Lipinski definition) is 5. The molecule has 7 nitrogen and oxygen atoms in total. The third kappa shape index (κ3) is 4.94. The van der Waals surface area contributed by atoms with Crippen molar-refractivity contribution in [1.82, 2.24) is 4.90 Å². The number of benzene rings is 1. The number of rotatable bonds is 7. The first kappa shape index (κ1) is 18.3. The lowest BCUT2D eigenvalue weighted by Crippen LogP contribution is -2.30. The Morgan fingerprint density at radius 2 is 1.76 bits per heavy atom. The molecule has 1 heterocycles. The van der Waals surface area contributed by atoms with Crippen LogP contribution >= 0.6 is 0 Å². The van der Waals surface area contributed by atoms with E-state index < -0.39 is 18.5 Å². The smallest absolute Gasteiger partial charge is 0.374 e. The van der Waals surface area contributed by atoms with Crippen molar-refractivity contribution in [3.63, 3.8) is 0 Å². The highest BCUT2D eigenvalue weighted by molar-refractivity contribution is 5.96. The van der Waals surface area contributed by atoms with Crippen LogP contribution in [0.1, 0.15) is 34.8 Å². The van der Waals surface area contributed by atoms with Crippen molar-refractivity contribution in [3.05, 3.63) is 54.0 Å². The van der Waals surface area contributed by atoms with E-state index in [1.165, 1.54) is 12.3 Å². The van der Waals surface area contributed by atoms with E-state index >= 15 is 0 Å². The van der Waals surface area contributed by atoms with Gasteiger partial charge in [-0.15, -0.1) is 0 Å². The Labute approximate surface area is 145 Å². The van der Waals surface area contributed by atoms with Gasteiger partial charge in [0.15, 0.2) is 6.61 Å². The molecule has 0 spiro atoms. The van der Waals surface area contributed by atoms with E-state index in [1.54, 1.807) is 35.2 Å². The normalized spacial score (nSPS) is 10.2. The van der Waals surface area contributed by atoms with Gasteiger partial charge in [0.05, 0.1) is 6.26 Å². The van der Waals surface area contributed by atoms with Gasteiger partial charge >= 0.3 is 5.97 Å². The lowest BCUT2D eigenvalue weighted by Gasteiger charge is -2.18. The largest absolute Gasteiger partial charge is 0.457 e. The molecule has 0 atom stereocenters. The molecule has 2 aromatic rings. The average Bonchev–Trinajstić information content (AvgIpc) is 3.16. The Kier molecular flexibility index (Phi) is 6.33. The van der Waals surface area contributed by atoms with Gasteiger partial charge in [0.25, 0.3) is 11.8 Å². The maximum Gasteiger partial charge on any atom is 0.374 e. The van der Waals surface area contributed by atoms with E-state index in [9.17, 15) is 14.4 Å². The van der Waals surface area contributed by atoms with Crippen LogP contribution in [0.2, 0.25) is 0 Å². The van der Waals surface area contributed by atoms with Gasteiger partial charge in [0, 0.05) is 24.3 Å². The predicted octanol–water partition coefficient (Wildman–Crippen LogP) is 2.56. The van der Waals surface area contributed by atoms with Crippen molar-refractivity contribution >= 4 is 23.5 Å². The monoisotopic (exact) mass is 344 g/mol. The highest BCUT2D eigenvalue weighted by atomic mass is 16.5. The Bertz CT molecular complexity index is 718. The minimum absolute atomic E-state index is 0.0343. The fourth-order valence-electron chi connectivity index (χ4n) is 2.18. The Balaban J connectivity index is 1.87. The molecule has 132 valence electrons. The molecule has 0 unspecified atom stereocenters. The van der Waals surface area contributed by atoms with Crippen molar-refractivity contribution in [2.45, 2.75) is 13.8 Å². The molecule has 7 heteroatoms. The zero-order chi connectivity index (χ0) is 18.2. The number of esters is 1. The van der Waals surface area contributed by atoms with Gasteiger partial charge in [-0.3, -0.25) is 9.59 Å². The van der Waals surface area contributed by atoms with Crippen LogP contribution in [0.5, 0.6) is 0 Å². The molecule has 0 aliphatic carbocycles. The number of carbonyl (C=O) groups excluding carboxylic acids is 3. The minimum atomic E-state index is -0.708. The summed E-state index contributed by atoms with van der Waals surface area (Å²) in [5.74, 6) is -1.22. The van der Waals surface area contributed by atoms with Gasteiger partial charge in [-0.25, -0.2) is 4.79 Å². The summed E-state index contributed by atoms with van der Waals surface area (Å²) in [6.45, 7) is 4.67. The molecule has 1 N–H and O–H groups in total. The second-order valence-corrected chi connectivity index (χ2v) is 5.16. The van der Waals surface area contributed by atoms with Gasteiger partial charge < -0.3 is 19.4 Å². The number of ether oxygens (including phenoxy) is 1. The topological polar surface area (TPSA) is 88.9 Å². The van der Waals surface area contributed by atoms with Crippen molar-refractivity contribution in [2.75, 3.05) is 25.0 Å². The number of hydrogen-bond donors (Lipinski definition) is 1. The van der Waals surface area contributed by atoms with Crippen LogP contribution in [0.25, 0.3) is 0 Å². The summed E-state index contributed by atoms with van der Waals surface area (Å²) in [5, 5.41) is 2.59. The lowest BCUT2D eigenvalue weighted by molar-refractivity contribution is -0.119. The van der Waals surface area contributed by atoms with Crippen LogP contribution in [-0.4, -0.2) is 42.4 Å². The number of carbonyl (C=O) groups is 3. The average molecular weight is 344 g/mol. The third-order valence-corrected chi connectivity index (χ3v) is 3.52. The van der Waals surface area contributed by atoms with Crippen molar-refractivity contribution in [3.8, 4) is 0 Å². The molecule has 0 aliphatic heterocycles.